The van der Waals surface area contributed by atoms with Gasteiger partial charge in [-0.25, -0.2) is 0 Å². The average Bonchev–Trinajstić information content (AvgIpc) is 2.46. The van der Waals surface area contributed by atoms with Crippen molar-refractivity contribution in [3.05, 3.63) is 29.8 Å². The largest absolute Gasteiger partial charge is 0.508 e. The van der Waals surface area contributed by atoms with Gasteiger partial charge < -0.3 is 10.4 Å². The van der Waals surface area contributed by atoms with Gasteiger partial charge in [-0.05, 0) is 43.4 Å². The second-order valence-electron chi connectivity index (χ2n) is 6.28. The number of aromatic hydroxyl groups is 1. The number of benzene rings is 1. The zero-order chi connectivity index (χ0) is 14.8. The lowest BCUT2D eigenvalue weighted by molar-refractivity contribution is -0.137. The smallest absolute Gasteiger partial charge is 0.223 e. The summed E-state index contributed by atoms with van der Waals surface area (Å²) in [4.78, 5) is 24.3. The van der Waals surface area contributed by atoms with Crippen molar-refractivity contribution in [2.75, 3.05) is 0 Å². The number of carbonyl (C=O) groups excluding carboxylic acids is 2. The lowest BCUT2D eigenvalue weighted by Crippen LogP contribution is -2.42. The minimum absolute atomic E-state index is 0.0184. The van der Waals surface area contributed by atoms with Crippen molar-refractivity contribution in [1.82, 2.24) is 5.32 Å². The third-order valence-electron chi connectivity index (χ3n) is 4.82. The number of carbonyl (C=O) groups is 2. The first-order valence-electron chi connectivity index (χ1n) is 7.73. The third-order valence-corrected chi connectivity index (χ3v) is 4.82. The normalized spacial score (nSPS) is 28.2. The summed E-state index contributed by atoms with van der Waals surface area (Å²) >= 11 is 0. The maximum absolute atomic E-state index is 12.3. The van der Waals surface area contributed by atoms with Crippen LogP contribution in [0, 0.1) is 17.8 Å². The summed E-state index contributed by atoms with van der Waals surface area (Å²) < 4.78 is 0. The lowest BCUT2D eigenvalue weighted by Gasteiger charge is -2.36. The molecule has 4 nitrogen and oxygen atoms in total. The Bertz CT molecular complexity index is 521. The summed E-state index contributed by atoms with van der Waals surface area (Å²) in [6, 6.07) is 6.83. The Morgan fingerprint density at radius 1 is 1.14 bits per heavy atom. The van der Waals surface area contributed by atoms with Crippen LogP contribution in [-0.4, -0.2) is 16.8 Å². The van der Waals surface area contributed by atoms with E-state index in [1.165, 1.54) is 0 Å². The summed E-state index contributed by atoms with van der Waals surface area (Å²) in [6.45, 7) is 0.471. The summed E-state index contributed by atoms with van der Waals surface area (Å²) in [5.74, 6) is 0.888. The molecule has 2 saturated carbocycles. The summed E-state index contributed by atoms with van der Waals surface area (Å²) in [5, 5.41) is 12.2. The Morgan fingerprint density at radius 2 is 1.76 bits per heavy atom. The number of phenolic OH excluding ortho intramolecular Hbond substituents is 1. The maximum Gasteiger partial charge on any atom is 0.223 e. The van der Waals surface area contributed by atoms with Gasteiger partial charge in [-0.2, -0.15) is 0 Å². The van der Waals surface area contributed by atoms with Crippen LogP contribution in [0.15, 0.2) is 24.3 Å². The second-order valence-corrected chi connectivity index (χ2v) is 6.28. The molecule has 0 heterocycles. The molecule has 0 spiro atoms. The summed E-state index contributed by atoms with van der Waals surface area (Å²) in [6.07, 6.45) is 4.48. The van der Waals surface area contributed by atoms with Gasteiger partial charge in [0, 0.05) is 24.3 Å². The van der Waals surface area contributed by atoms with Crippen LogP contribution >= 0.6 is 0 Å². The number of nitrogens with one attached hydrogen (secondary N) is 1. The van der Waals surface area contributed by atoms with E-state index in [1.54, 1.807) is 24.3 Å². The highest BCUT2D eigenvalue weighted by Gasteiger charge is 2.41. The number of rotatable bonds is 3. The van der Waals surface area contributed by atoms with Crippen molar-refractivity contribution in [3.63, 3.8) is 0 Å². The monoisotopic (exact) mass is 287 g/mol. The fourth-order valence-corrected chi connectivity index (χ4v) is 3.64. The van der Waals surface area contributed by atoms with Crippen LogP contribution in [-0.2, 0) is 16.1 Å². The highest BCUT2D eigenvalue weighted by Crippen LogP contribution is 2.40. The molecule has 0 saturated heterocycles. The van der Waals surface area contributed by atoms with E-state index in [9.17, 15) is 14.7 Å². The predicted molar refractivity (Wildman–Crippen MR) is 78.5 cm³/mol. The molecule has 2 atom stereocenters. The highest BCUT2D eigenvalue weighted by molar-refractivity contribution is 5.88. The lowest BCUT2D eigenvalue weighted by atomic mass is 9.67. The van der Waals surface area contributed by atoms with Crippen LogP contribution in [0.5, 0.6) is 5.75 Å². The standard InChI is InChI=1S/C17H21NO3/c19-15-6-4-11(5-7-15)10-18-17(21)14-8-12-2-1-3-13(9-14)16(12)20/h4-7,12-14,19H,1-3,8-10H2,(H,18,21). The zero-order valence-electron chi connectivity index (χ0n) is 12.0. The van der Waals surface area contributed by atoms with Gasteiger partial charge in [0.2, 0.25) is 5.91 Å². The van der Waals surface area contributed by atoms with Crippen LogP contribution in [0.25, 0.3) is 0 Å². The first-order chi connectivity index (χ1) is 10.1. The van der Waals surface area contributed by atoms with Crippen molar-refractivity contribution in [2.24, 2.45) is 17.8 Å². The van der Waals surface area contributed by atoms with E-state index in [2.05, 4.69) is 5.32 Å². The molecule has 1 aromatic carbocycles. The summed E-state index contributed by atoms with van der Waals surface area (Å²) in [5.41, 5.74) is 0.966. The first-order valence-corrected chi connectivity index (χ1v) is 7.73. The second kappa shape index (κ2) is 5.88. The molecule has 4 heteroatoms. The van der Waals surface area contributed by atoms with Gasteiger partial charge in [-0.1, -0.05) is 18.6 Å². The van der Waals surface area contributed by atoms with Gasteiger partial charge >= 0.3 is 0 Å². The molecule has 0 aromatic heterocycles. The van der Waals surface area contributed by atoms with Gasteiger partial charge in [0.25, 0.3) is 0 Å². The van der Waals surface area contributed by atoms with E-state index in [-0.39, 0.29) is 29.4 Å². The van der Waals surface area contributed by atoms with Crippen molar-refractivity contribution in [1.29, 1.82) is 0 Å². The maximum atomic E-state index is 12.3. The molecule has 3 rings (SSSR count). The highest BCUT2D eigenvalue weighted by atomic mass is 16.3. The van der Waals surface area contributed by atoms with E-state index >= 15 is 0 Å². The van der Waals surface area contributed by atoms with Crippen molar-refractivity contribution >= 4 is 11.7 Å². The molecule has 2 aliphatic rings. The van der Waals surface area contributed by atoms with Crippen LogP contribution < -0.4 is 5.32 Å². The van der Waals surface area contributed by atoms with Crippen LogP contribution in [0.4, 0.5) is 0 Å². The molecule has 2 N–H and O–H groups in total. The number of ketones is 1. The molecule has 1 aromatic rings. The molecule has 1 amide bonds. The fraction of sp³-hybridized carbons (Fsp3) is 0.529. The van der Waals surface area contributed by atoms with Crippen molar-refractivity contribution in [3.8, 4) is 5.75 Å². The Hall–Kier alpha value is -1.84. The van der Waals surface area contributed by atoms with E-state index in [0.29, 0.717) is 12.3 Å². The molecule has 112 valence electrons. The third kappa shape index (κ3) is 3.09. The average molecular weight is 287 g/mol. The van der Waals surface area contributed by atoms with Crippen molar-refractivity contribution < 1.29 is 14.7 Å². The molecular weight excluding hydrogens is 266 g/mol. The Kier molecular flexibility index (Phi) is 3.95. The van der Waals surface area contributed by atoms with E-state index in [0.717, 1.165) is 37.7 Å². The molecular formula is C17H21NO3. The van der Waals surface area contributed by atoms with Crippen LogP contribution in [0.1, 0.15) is 37.7 Å². The quantitative estimate of drug-likeness (QED) is 0.897. The predicted octanol–water partition coefficient (Wildman–Crippen LogP) is 2.40. The molecule has 21 heavy (non-hydrogen) atoms. The minimum atomic E-state index is -0.0184. The summed E-state index contributed by atoms with van der Waals surface area (Å²) in [7, 11) is 0. The van der Waals surface area contributed by atoms with Gasteiger partial charge in [-0.3, -0.25) is 9.59 Å². The molecule has 0 radical (unpaired) electrons. The van der Waals surface area contributed by atoms with Crippen LogP contribution in [0.2, 0.25) is 0 Å². The Labute approximate surface area is 124 Å². The molecule has 2 aliphatic carbocycles. The number of fused-ring (bicyclic) bond motifs is 2. The number of Topliss-reactive ketones (excluding diaryl/α,β-unsaturated/α-hetero) is 1. The minimum Gasteiger partial charge on any atom is -0.508 e. The van der Waals surface area contributed by atoms with E-state index in [1.807, 2.05) is 0 Å². The topological polar surface area (TPSA) is 66.4 Å². The van der Waals surface area contributed by atoms with Crippen molar-refractivity contribution in [2.45, 2.75) is 38.6 Å². The van der Waals surface area contributed by atoms with Gasteiger partial charge in [0.15, 0.2) is 0 Å². The van der Waals surface area contributed by atoms with E-state index < -0.39 is 0 Å². The number of hydrogen-bond acceptors (Lipinski definition) is 3. The number of amides is 1. The van der Waals surface area contributed by atoms with Gasteiger partial charge in [-0.15, -0.1) is 0 Å². The number of phenols is 1. The molecule has 2 bridgehead atoms. The fourth-order valence-electron chi connectivity index (χ4n) is 3.64. The molecule has 2 fully saturated rings. The Morgan fingerprint density at radius 3 is 2.38 bits per heavy atom. The van der Waals surface area contributed by atoms with Crippen LogP contribution in [0.3, 0.4) is 0 Å². The SMILES string of the molecule is O=C(NCc1ccc(O)cc1)C1CC2CCCC(C1)C2=O. The van der Waals surface area contributed by atoms with E-state index in [4.69, 9.17) is 0 Å². The first kappa shape index (κ1) is 14.1. The van der Waals surface area contributed by atoms with Gasteiger partial charge in [0.05, 0.1) is 0 Å². The number of hydrogen-bond donors (Lipinski definition) is 2. The molecule has 0 aliphatic heterocycles. The Balaban J connectivity index is 1.56. The van der Waals surface area contributed by atoms with Gasteiger partial charge in [0.1, 0.15) is 11.5 Å². The zero-order valence-corrected chi connectivity index (χ0v) is 12.0. The molecule has 2 unspecified atom stereocenters.